The van der Waals surface area contributed by atoms with E-state index in [2.05, 4.69) is 0 Å². The van der Waals surface area contributed by atoms with Crippen LogP contribution in [0.25, 0.3) is 11.1 Å². The molecule has 6 heteroatoms. The summed E-state index contributed by atoms with van der Waals surface area (Å²) in [6.45, 7) is 2.32. The van der Waals surface area contributed by atoms with Gasteiger partial charge in [0.1, 0.15) is 5.75 Å². The van der Waals surface area contributed by atoms with E-state index in [1.807, 2.05) is 43.3 Å². The predicted molar refractivity (Wildman–Crippen MR) is 108 cm³/mol. The smallest absolute Gasteiger partial charge is 0.254 e. The van der Waals surface area contributed by atoms with Crippen molar-refractivity contribution in [3.63, 3.8) is 0 Å². The van der Waals surface area contributed by atoms with Crippen LogP contribution in [0.3, 0.4) is 0 Å². The molecule has 1 fully saturated rings. The number of ketones is 1. The first kappa shape index (κ1) is 20.0. The molecule has 6 nitrogen and oxygen atoms in total. The van der Waals surface area contributed by atoms with Crippen molar-refractivity contribution in [1.82, 2.24) is 9.80 Å². The molecular weight excluding hydrogens is 356 g/mol. The number of carbonyl (C=O) groups is 2. The number of β-amino-alcohol motifs (C(OH)–C–C–N with tert-alkyl or cyclic N) is 1. The van der Waals surface area contributed by atoms with Crippen LogP contribution >= 0.6 is 0 Å². The molecule has 0 saturated carbocycles. The lowest BCUT2D eigenvalue weighted by atomic mass is 9.99. The number of likely N-dealkylation sites (tertiary alicyclic amines) is 1. The molecule has 0 spiro atoms. The largest absolute Gasteiger partial charge is 0.496 e. The summed E-state index contributed by atoms with van der Waals surface area (Å²) < 4.78 is 5.26. The van der Waals surface area contributed by atoms with Crippen molar-refractivity contribution in [3.05, 3.63) is 53.6 Å². The van der Waals surface area contributed by atoms with E-state index in [4.69, 9.17) is 4.74 Å². The first-order valence-corrected chi connectivity index (χ1v) is 9.25. The Morgan fingerprint density at radius 3 is 2.43 bits per heavy atom. The number of hydrogen-bond acceptors (Lipinski definition) is 5. The molecule has 0 radical (unpaired) electrons. The number of hydrogen-bond donors (Lipinski definition) is 1. The van der Waals surface area contributed by atoms with Gasteiger partial charge in [-0.05, 0) is 56.4 Å². The van der Waals surface area contributed by atoms with E-state index >= 15 is 0 Å². The summed E-state index contributed by atoms with van der Waals surface area (Å²) in [4.78, 5) is 28.5. The minimum absolute atomic E-state index is 0.0631. The maximum absolute atomic E-state index is 12.9. The van der Waals surface area contributed by atoms with Gasteiger partial charge in [-0.25, -0.2) is 0 Å². The van der Waals surface area contributed by atoms with Gasteiger partial charge in [0.2, 0.25) is 0 Å². The molecule has 3 rings (SSSR count). The number of Topliss-reactive ketones (excluding diaryl/α,β-unsaturated/α-hetero) is 1. The van der Waals surface area contributed by atoms with E-state index in [-0.39, 0.29) is 17.7 Å². The topological polar surface area (TPSA) is 70.1 Å². The predicted octanol–water partition coefficient (Wildman–Crippen LogP) is 2.31. The Kier molecular flexibility index (Phi) is 5.82. The zero-order valence-corrected chi connectivity index (χ0v) is 16.7. The molecule has 2 aromatic rings. The Balaban J connectivity index is 1.88. The monoisotopic (exact) mass is 382 g/mol. The maximum Gasteiger partial charge on any atom is 0.254 e. The van der Waals surface area contributed by atoms with Crippen LogP contribution < -0.4 is 4.74 Å². The Hall–Kier alpha value is -2.70. The van der Waals surface area contributed by atoms with Crippen LogP contribution in [-0.2, 0) is 0 Å². The maximum atomic E-state index is 12.9. The van der Waals surface area contributed by atoms with Gasteiger partial charge < -0.3 is 19.6 Å². The molecule has 1 amide bonds. The summed E-state index contributed by atoms with van der Waals surface area (Å²) >= 11 is 0. The molecule has 1 heterocycles. The average Bonchev–Trinajstić information content (AvgIpc) is 3.09. The number of methoxy groups -OCH3 is 1. The lowest BCUT2D eigenvalue weighted by molar-refractivity contribution is 0.0764. The summed E-state index contributed by atoms with van der Waals surface area (Å²) in [6.07, 6.45) is -0.554. The van der Waals surface area contributed by atoms with Crippen LogP contribution in [-0.4, -0.2) is 73.0 Å². The van der Waals surface area contributed by atoms with E-state index in [1.54, 1.807) is 23.1 Å². The first-order valence-electron chi connectivity index (χ1n) is 9.25. The van der Waals surface area contributed by atoms with Crippen molar-refractivity contribution in [2.45, 2.75) is 19.1 Å². The molecule has 2 atom stereocenters. The fraction of sp³-hybridized carbons (Fsp3) is 0.364. The molecule has 28 heavy (non-hydrogen) atoms. The number of rotatable bonds is 5. The lowest BCUT2D eigenvalue weighted by Gasteiger charge is -2.21. The zero-order chi connectivity index (χ0) is 20.4. The molecule has 1 aliphatic heterocycles. The van der Waals surface area contributed by atoms with Crippen molar-refractivity contribution in [1.29, 1.82) is 0 Å². The number of benzene rings is 2. The molecule has 0 aromatic heterocycles. The Labute approximate surface area is 165 Å². The molecule has 0 bridgehead atoms. The summed E-state index contributed by atoms with van der Waals surface area (Å²) in [5, 5.41) is 10.2. The standard InChI is InChI=1S/C22H26N2O4/c1-14(25)18-11-16(8-9-21(18)28-4)15-6-5-7-17(10-15)22(27)24-12-19(23(2)3)20(26)13-24/h5-11,19-20,26H,12-13H2,1-4H3/t19-,20-/m0/s1. The van der Waals surface area contributed by atoms with E-state index < -0.39 is 6.10 Å². The highest BCUT2D eigenvalue weighted by molar-refractivity contribution is 5.99. The first-order chi connectivity index (χ1) is 13.3. The van der Waals surface area contributed by atoms with Gasteiger partial charge in [-0.2, -0.15) is 0 Å². The van der Waals surface area contributed by atoms with Gasteiger partial charge in [-0.3, -0.25) is 9.59 Å². The quantitative estimate of drug-likeness (QED) is 0.804. The van der Waals surface area contributed by atoms with Gasteiger partial charge in [-0.15, -0.1) is 0 Å². The van der Waals surface area contributed by atoms with Crippen molar-refractivity contribution < 1.29 is 19.4 Å². The number of carbonyl (C=O) groups excluding carboxylic acids is 2. The molecule has 0 unspecified atom stereocenters. The number of amides is 1. The van der Waals surface area contributed by atoms with Gasteiger partial charge in [-0.1, -0.05) is 18.2 Å². The second kappa shape index (κ2) is 8.12. The number of aliphatic hydroxyl groups excluding tert-OH is 1. The molecule has 148 valence electrons. The van der Waals surface area contributed by atoms with Crippen LogP contribution in [0.4, 0.5) is 0 Å². The molecule has 1 aliphatic rings. The highest BCUT2D eigenvalue weighted by Gasteiger charge is 2.35. The van der Waals surface area contributed by atoms with Gasteiger partial charge in [0.25, 0.3) is 5.91 Å². The summed E-state index contributed by atoms with van der Waals surface area (Å²) in [5.74, 6) is 0.349. The molecule has 1 N–H and O–H groups in total. The Bertz CT molecular complexity index is 894. The van der Waals surface area contributed by atoms with Crippen molar-refractivity contribution in [3.8, 4) is 16.9 Å². The lowest BCUT2D eigenvalue weighted by Crippen LogP contribution is -2.38. The van der Waals surface area contributed by atoms with Crippen LogP contribution in [0.2, 0.25) is 0 Å². The van der Waals surface area contributed by atoms with Crippen LogP contribution in [0.5, 0.6) is 5.75 Å². The van der Waals surface area contributed by atoms with Crippen molar-refractivity contribution >= 4 is 11.7 Å². The Morgan fingerprint density at radius 2 is 1.82 bits per heavy atom. The van der Waals surface area contributed by atoms with E-state index in [9.17, 15) is 14.7 Å². The van der Waals surface area contributed by atoms with Gasteiger partial charge in [0.15, 0.2) is 5.78 Å². The SMILES string of the molecule is COc1ccc(-c2cccc(C(=O)N3C[C@H](O)[C@@H](N(C)C)C3)c2)cc1C(C)=O. The second-order valence-electron chi connectivity index (χ2n) is 7.36. The summed E-state index contributed by atoms with van der Waals surface area (Å²) in [6, 6.07) is 12.7. The number of ether oxygens (including phenoxy) is 1. The minimum Gasteiger partial charge on any atom is -0.496 e. The van der Waals surface area contributed by atoms with Crippen molar-refractivity contribution in [2.24, 2.45) is 0 Å². The number of aliphatic hydroxyl groups is 1. The second-order valence-corrected chi connectivity index (χ2v) is 7.36. The summed E-state index contributed by atoms with van der Waals surface area (Å²) in [7, 11) is 5.34. The molecule has 0 aliphatic carbocycles. The van der Waals surface area contributed by atoms with Crippen molar-refractivity contribution in [2.75, 3.05) is 34.3 Å². The molecule has 1 saturated heterocycles. The van der Waals surface area contributed by atoms with E-state index in [0.717, 1.165) is 11.1 Å². The minimum atomic E-state index is -0.554. The van der Waals surface area contributed by atoms with Gasteiger partial charge in [0.05, 0.1) is 24.8 Å². The van der Waals surface area contributed by atoms with Crippen LogP contribution in [0, 0.1) is 0 Å². The zero-order valence-electron chi connectivity index (χ0n) is 16.7. The molecule has 2 aromatic carbocycles. The third-order valence-corrected chi connectivity index (χ3v) is 5.23. The van der Waals surface area contributed by atoms with E-state index in [0.29, 0.717) is 30.0 Å². The Morgan fingerprint density at radius 1 is 1.11 bits per heavy atom. The average molecular weight is 382 g/mol. The number of likely N-dealkylation sites (N-methyl/N-ethyl adjacent to an activating group) is 1. The normalized spacial score (nSPS) is 19.1. The molecular formula is C22H26N2O4. The highest BCUT2D eigenvalue weighted by Crippen LogP contribution is 2.28. The third-order valence-electron chi connectivity index (χ3n) is 5.23. The van der Waals surface area contributed by atoms with Gasteiger partial charge >= 0.3 is 0 Å². The highest BCUT2D eigenvalue weighted by atomic mass is 16.5. The third kappa shape index (κ3) is 3.93. The summed E-state index contributed by atoms with van der Waals surface area (Å²) in [5.41, 5.74) is 2.76. The van der Waals surface area contributed by atoms with E-state index in [1.165, 1.54) is 14.0 Å². The van der Waals surface area contributed by atoms with Crippen LogP contribution in [0.1, 0.15) is 27.6 Å². The fourth-order valence-electron chi connectivity index (χ4n) is 3.62. The van der Waals surface area contributed by atoms with Gasteiger partial charge in [0, 0.05) is 18.7 Å². The fourth-order valence-corrected chi connectivity index (χ4v) is 3.62. The van der Waals surface area contributed by atoms with Crippen LogP contribution in [0.15, 0.2) is 42.5 Å². The number of nitrogens with zero attached hydrogens (tertiary/aromatic N) is 2.